The molecule has 0 unspecified atom stereocenters. The van der Waals surface area contributed by atoms with E-state index in [1.807, 2.05) is 24.3 Å². The molecule has 19 heavy (non-hydrogen) atoms. The maximum atomic E-state index is 4.68. The fourth-order valence-electron chi connectivity index (χ4n) is 1.38. The predicted octanol–water partition coefficient (Wildman–Crippen LogP) is 5.41. The smallest absolute Gasteiger partial charge is 0 e. The van der Waals surface area contributed by atoms with Crippen LogP contribution in [0.25, 0.3) is 10.6 Å². The van der Waals surface area contributed by atoms with E-state index in [1.54, 1.807) is 0 Å². The molecule has 0 atom stereocenters. The van der Waals surface area contributed by atoms with Gasteiger partial charge in [-0.15, -0.1) is 13.1 Å². The van der Waals surface area contributed by atoms with Gasteiger partial charge >= 0.3 is 0 Å². The van der Waals surface area contributed by atoms with Crippen molar-refractivity contribution in [3.05, 3.63) is 34.9 Å². The molecule has 4 radical (unpaired) electrons. The molecule has 0 saturated heterocycles. The molecule has 0 saturated carbocycles. The Morgan fingerprint density at radius 2 is 1.05 bits per heavy atom. The van der Waals surface area contributed by atoms with Gasteiger partial charge in [0.2, 0.25) is 0 Å². The summed E-state index contributed by atoms with van der Waals surface area (Å²) in [6, 6.07) is 8.15. The molecular weight excluding hydrogens is 293 g/mol. The monoisotopic (exact) mass is 320 g/mol. The molecule has 1 aromatic rings. The zero-order chi connectivity index (χ0) is 13.8. The summed E-state index contributed by atoms with van der Waals surface area (Å²) in [6.45, 7) is 14.9. The normalized spacial score (nSPS) is 11.7. The van der Waals surface area contributed by atoms with Crippen molar-refractivity contribution in [2.45, 2.75) is 41.5 Å². The van der Waals surface area contributed by atoms with Crippen LogP contribution in [-0.2, 0) is 0 Å². The van der Waals surface area contributed by atoms with E-state index in [4.69, 9.17) is 0 Å². The molecule has 0 aliphatic rings. The molecule has 1 aromatic carbocycles. The maximum Gasteiger partial charge on any atom is 0 e. The minimum Gasteiger partial charge on any atom is -0.685 e. The number of para-hydroxylation sites is 2. The van der Waals surface area contributed by atoms with Gasteiger partial charge in [-0.05, 0) is 0 Å². The van der Waals surface area contributed by atoms with Crippen molar-refractivity contribution in [3.63, 3.8) is 0 Å². The third-order valence-electron chi connectivity index (χ3n) is 2.33. The summed E-state index contributed by atoms with van der Waals surface area (Å²) in [6.07, 6.45) is 0. The SMILES string of the molecule is CC(C)(C)C[N-]c1ccccc1[N-]CC(C)(C)C.[Ge]. The van der Waals surface area contributed by atoms with Gasteiger partial charge in [0.25, 0.3) is 0 Å². The number of rotatable bonds is 4. The summed E-state index contributed by atoms with van der Waals surface area (Å²) in [5.74, 6) is 0. The third-order valence-corrected chi connectivity index (χ3v) is 2.33. The van der Waals surface area contributed by atoms with E-state index in [-0.39, 0.29) is 28.4 Å². The van der Waals surface area contributed by atoms with Crippen molar-refractivity contribution in [2.75, 3.05) is 13.1 Å². The zero-order valence-electron chi connectivity index (χ0n) is 13.1. The summed E-state index contributed by atoms with van der Waals surface area (Å²) in [5, 5.41) is 9.37. The van der Waals surface area contributed by atoms with Crippen LogP contribution in [0.4, 0.5) is 11.4 Å². The van der Waals surface area contributed by atoms with Crippen molar-refractivity contribution in [1.29, 1.82) is 0 Å². The number of benzene rings is 1. The molecule has 0 heterocycles. The predicted molar refractivity (Wildman–Crippen MR) is 86.9 cm³/mol. The summed E-state index contributed by atoms with van der Waals surface area (Å²) in [4.78, 5) is 0. The topological polar surface area (TPSA) is 28.2 Å². The van der Waals surface area contributed by atoms with Crippen molar-refractivity contribution < 1.29 is 0 Å². The Morgan fingerprint density at radius 3 is 1.32 bits per heavy atom. The first-order valence-electron chi connectivity index (χ1n) is 6.61. The molecule has 0 bridgehead atoms. The van der Waals surface area contributed by atoms with Crippen LogP contribution in [0.15, 0.2) is 24.3 Å². The molecule has 0 fully saturated rings. The van der Waals surface area contributed by atoms with E-state index in [0.717, 1.165) is 24.5 Å². The van der Waals surface area contributed by atoms with E-state index < -0.39 is 0 Å². The first kappa shape index (κ1) is 18.4. The number of nitrogens with zero attached hydrogens (tertiary/aromatic N) is 2. The molecule has 3 heteroatoms. The van der Waals surface area contributed by atoms with E-state index >= 15 is 0 Å². The fourth-order valence-corrected chi connectivity index (χ4v) is 1.38. The van der Waals surface area contributed by atoms with Gasteiger partial charge in [0.15, 0.2) is 0 Å². The van der Waals surface area contributed by atoms with Crippen molar-refractivity contribution in [1.82, 2.24) is 0 Å². The van der Waals surface area contributed by atoms with Crippen molar-refractivity contribution >= 4 is 29.0 Å². The number of hydrogen-bond acceptors (Lipinski definition) is 0. The Hall–Kier alpha value is -0.637. The van der Waals surface area contributed by atoms with Gasteiger partial charge < -0.3 is 10.6 Å². The third kappa shape index (κ3) is 8.19. The van der Waals surface area contributed by atoms with Gasteiger partial charge in [-0.2, -0.15) is 11.4 Å². The number of hydrogen-bond donors (Lipinski definition) is 0. The summed E-state index contributed by atoms with van der Waals surface area (Å²) >= 11 is 0. The molecule has 0 amide bonds. The van der Waals surface area contributed by atoms with Gasteiger partial charge in [-0.25, -0.2) is 0 Å². The molecule has 0 aliphatic heterocycles. The van der Waals surface area contributed by atoms with E-state index in [9.17, 15) is 0 Å². The zero-order valence-corrected chi connectivity index (χ0v) is 15.2. The second-order valence-electron chi connectivity index (χ2n) is 7.24. The Bertz CT molecular complexity index is 338. The van der Waals surface area contributed by atoms with Crippen LogP contribution in [-0.4, -0.2) is 30.7 Å². The minimum absolute atomic E-state index is 0. The Kier molecular flexibility index (Phi) is 6.98. The molecule has 2 nitrogen and oxygen atoms in total. The van der Waals surface area contributed by atoms with E-state index in [0.29, 0.717) is 0 Å². The van der Waals surface area contributed by atoms with E-state index in [1.165, 1.54) is 0 Å². The van der Waals surface area contributed by atoms with Crippen LogP contribution in [0.1, 0.15) is 41.5 Å². The maximum absolute atomic E-state index is 4.68. The Morgan fingerprint density at radius 1 is 0.737 bits per heavy atom. The van der Waals surface area contributed by atoms with Crippen LogP contribution >= 0.6 is 0 Å². The standard InChI is InChI=1S/C16H26N2.Ge/c1-15(2,3)11-17-13-9-7-8-10-14(13)18-12-16(4,5)6;/h7-10H,11-12H2,1-6H3;/q-2;. The van der Waals surface area contributed by atoms with Gasteiger partial charge in [-0.3, -0.25) is 0 Å². The van der Waals surface area contributed by atoms with Crippen LogP contribution in [0.5, 0.6) is 0 Å². The average molecular weight is 319 g/mol. The van der Waals surface area contributed by atoms with Crippen LogP contribution in [0.2, 0.25) is 0 Å². The molecule has 0 aromatic heterocycles. The first-order chi connectivity index (χ1) is 8.17. The van der Waals surface area contributed by atoms with Gasteiger partial charge in [0.1, 0.15) is 0 Å². The van der Waals surface area contributed by atoms with Gasteiger partial charge in [0.05, 0.1) is 0 Å². The van der Waals surface area contributed by atoms with E-state index in [2.05, 4.69) is 52.2 Å². The quantitative estimate of drug-likeness (QED) is 0.664. The summed E-state index contributed by atoms with van der Waals surface area (Å²) < 4.78 is 0. The van der Waals surface area contributed by atoms with Crippen molar-refractivity contribution in [3.8, 4) is 0 Å². The average Bonchev–Trinajstić information content (AvgIpc) is 2.22. The second-order valence-corrected chi connectivity index (χ2v) is 7.24. The summed E-state index contributed by atoms with van der Waals surface area (Å²) in [5.41, 5.74) is 2.46. The molecule has 1 rings (SSSR count). The molecular formula is C16H26GeN2-2. The van der Waals surface area contributed by atoms with Gasteiger partial charge in [-0.1, -0.05) is 76.6 Å². The second kappa shape index (κ2) is 7.23. The summed E-state index contributed by atoms with van der Waals surface area (Å²) in [7, 11) is 0. The van der Waals surface area contributed by atoms with Crippen LogP contribution in [0.3, 0.4) is 0 Å². The largest absolute Gasteiger partial charge is 0.685 e. The van der Waals surface area contributed by atoms with Crippen LogP contribution < -0.4 is 0 Å². The molecule has 0 spiro atoms. The Labute approximate surface area is 129 Å². The minimum atomic E-state index is 0. The molecule has 0 N–H and O–H groups in total. The molecule has 0 aliphatic carbocycles. The van der Waals surface area contributed by atoms with Crippen molar-refractivity contribution in [2.24, 2.45) is 10.8 Å². The fraction of sp³-hybridized carbons (Fsp3) is 0.625. The Balaban J connectivity index is 0.00000324. The van der Waals surface area contributed by atoms with Gasteiger partial charge in [0, 0.05) is 17.6 Å². The van der Waals surface area contributed by atoms with Crippen LogP contribution in [0, 0.1) is 10.8 Å². The first-order valence-corrected chi connectivity index (χ1v) is 6.61. The molecule has 106 valence electrons.